The molecule has 0 heterocycles. The average Bonchev–Trinajstić information content (AvgIpc) is 2.24. The molecule has 0 saturated carbocycles. The molecule has 0 aliphatic carbocycles. The van der Waals surface area contributed by atoms with E-state index in [-0.39, 0.29) is 36.1 Å². The molecule has 1 rings (SSSR count). The standard InChI is InChI=1S/C9H12ClN3O3S.Na/c1-13(6-7-17(14,15)16)12-11-9-5-3-2-4-8(9)10;/h2-5H,6-7H2,1H3,(H,14,15,16);. The number of rotatable bonds is 5. The first-order valence-electron chi connectivity index (χ1n) is 4.71. The van der Waals surface area contributed by atoms with E-state index < -0.39 is 15.9 Å². The minimum absolute atomic E-state index is 0. The van der Waals surface area contributed by atoms with Gasteiger partial charge in [0.05, 0.1) is 17.3 Å². The summed E-state index contributed by atoms with van der Waals surface area (Å²) in [6.45, 7) is 0.0484. The molecule has 0 atom stereocenters. The summed E-state index contributed by atoms with van der Waals surface area (Å²) in [6.07, 6.45) is 0. The molecule has 95 valence electrons. The fourth-order valence-electron chi connectivity index (χ4n) is 0.950. The zero-order valence-electron chi connectivity index (χ0n) is 10.1. The van der Waals surface area contributed by atoms with Crippen molar-refractivity contribution in [1.82, 2.24) is 5.01 Å². The van der Waals surface area contributed by atoms with E-state index in [1.807, 2.05) is 0 Å². The van der Waals surface area contributed by atoms with Crippen LogP contribution >= 0.6 is 11.6 Å². The van der Waals surface area contributed by atoms with E-state index in [2.05, 4.69) is 10.3 Å². The Morgan fingerprint density at radius 1 is 1.39 bits per heavy atom. The van der Waals surface area contributed by atoms with Crippen LogP contribution in [0.5, 0.6) is 0 Å². The van der Waals surface area contributed by atoms with Crippen LogP contribution in [0.3, 0.4) is 0 Å². The second-order valence-corrected chi connectivity index (χ2v) is 5.29. The molecular formula is C9H12ClN3NaO3S. The largest absolute Gasteiger partial charge is 0.285 e. The summed E-state index contributed by atoms with van der Waals surface area (Å²) in [5.74, 6) is -0.398. The van der Waals surface area contributed by atoms with Crippen molar-refractivity contribution in [1.29, 1.82) is 0 Å². The Morgan fingerprint density at radius 3 is 2.56 bits per heavy atom. The SMILES string of the molecule is CN(CCS(=O)(=O)O)N=Nc1ccccc1Cl.[Na]. The minimum atomic E-state index is -3.98. The molecule has 1 radical (unpaired) electrons. The third-order valence-corrected chi connectivity index (χ3v) is 2.85. The van der Waals surface area contributed by atoms with Crippen molar-refractivity contribution >= 4 is 57.0 Å². The molecule has 6 nitrogen and oxygen atoms in total. The molecule has 1 aromatic carbocycles. The van der Waals surface area contributed by atoms with Gasteiger partial charge in [0.2, 0.25) is 0 Å². The van der Waals surface area contributed by atoms with Crippen molar-refractivity contribution in [3.63, 3.8) is 0 Å². The molecule has 0 aliphatic rings. The molecule has 0 amide bonds. The van der Waals surface area contributed by atoms with Gasteiger partial charge in [-0.3, -0.25) is 9.56 Å². The topological polar surface area (TPSA) is 82.3 Å². The molecule has 1 aromatic rings. The summed E-state index contributed by atoms with van der Waals surface area (Å²) < 4.78 is 29.5. The van der Waals surface area contributed by atoms with Crippen molar-refractivity contribution in [2.24, 2.45) is 10.3 Å². The normalized spacial score (nSPS) is 11.3. The first kappa shape index (κ1) is 17.8. The Bertz CT molecular complexity index is 510. The molecule has 0 aromatic heterocycles. The third kappa shape index (κ3) is 7.30. The van der Waals surface area contributed by atoms with Crippen LogP contribution in [0.4, 0.5) is 5.69 Å². The predicted molar refractivity (Wildman–Crippen MR) is 70.8 cm³/mol. The van der Waals surface area contributed by atoms with Crippen molar-refractivity contribution in [2.45, 2.75) is 0 Å². The zero-order chi connectivity index (χ0) is 12.9. The predicted octanol–water partition coefficient (Wildman–Crippen LogP) is 1.78. The van der Waals surface area contributed by atoms with Gasteiger partial charge in [0, 0.05) is 36.6 Å². The van der Waals surface area contributed by atoms with Crippen LogP contribution in [-0.4, -0.2) is 66.9 Å². The van der Waals surface area contributed by atoms with Gasteiger partial charge in [-0.2, -0.15) is 8.42 Å². The molecular weight excluding hydrogens is 289 g/mol. The summed E-state index contributed by atoms with van der Waals surface area (Å²) in [5.41, 5.74) is 0.493. The van der Waals surface area contributed by atoms with Gasteiger partial charge in [-0.15, -0.1) is 5.11 Å². The van der Waals surface area contributed by atoms with E-state index in [1.54, 1.807) is 31.3 Å². The Balaban J connectivity index is 0.00000289. The molecule has 0 spiro atoms. The molecule has 0 saturated heterocycles. The van der Waals surface area contributed by atoms with Gasteiger partial charge < -0.3 is 0 Å². The number of nitrogens with zero attached hydrogens (tertiary/aromatic N) is 3. The Kier molecular flexibility index (Phi) is 8.00. The molecule has 0 bridgehead atoms. The Morgan fingerprint density at radius 2 is 2.00 bits per heavy atom. The summed E-state index contributed by atoms with van der Waals surface area (Å²) in [7, 11) is -2.43. The van der Waals surface area contributed by atoms with Gasteiger partial charge in [0.25, 0.3) is 10.1 Å². The summed E-state index contributed by atoms with van der Waals surface area (Å²) in [4.78, 5) is 0. The number of benzene rings is 1. The minimum Gasteiger partial charge on any atom is -0.285 e. The van der Waals surface area contributed by atoms with Crippen molar-refractivity contribution < 1.29 is 13.0 Å². The van der Waals surface area contributed by atoms with Crippen LogP contribution in [0.15, 0.2) is 34.6 Å². The van der Waals surface area contributed by atoms with E-state index in [1.165, 1.54) is 5.01 Å². The van der Waals surface area contributed by atoms with Crippen LogP contribution in [0.25, 0.3) is 0 Å². The Hall–Kier alpha value is -0.180. The van der Waals surface area contributed by atoms with E-state index >= 15 is 0 Å². The van der Waals surface area contributed by atoms with Crippen LogP contribution in [-0.2, 0) is 10.1 Å². The van der Waals surface area contributed by atoms with Gasteiger partial charge in [0.1, 0.15) is 5.69 Å². The number of hydrogen-bond acceptors (Lipinski definition) is 4. The van der Waals surface area contributed by atoms with E-state index in [9.17, 15) is 8.42 Å². The van der Waals surface area contributed by atoms with Gasteiger partial charge in [0.15, 0.2) is 0 Å². The quantitative estimate of drug-likeness (QED) is 0.389. The maximum Gasteiger partial charge on any atom is 0.266 e. The summed E-state index contributed by atoms with van der Waals surface area (Å²) >= 11 is 5.85. The van der Waals surface area contributed by atoms with Gasteiger partial charge in [-0.1, -0.05) is 29.0 Å². The van der Waals surface area contributed by atoms with Crippen LogP contribution in [0, 0.1) is 0 Å². The number of halogens is 1. The molecule has 18 heavy (non-hydrogen) atoms. The maximum absolute atomic E-state index is 10.5. The van der Waals surface area contributed by atoms with E-state index in [4.69, 9.17) is 16.2 Å². The first-order valence-corrected chi connectivity index (χ1v) is 6.70. The third-order valence-electron chi connectivity index (χ3n) is 1.83. The molecule has 9 heteroatoms. The summed E-state index contributed by atoms with van der Waals surface area (Å²) in [5, 5.41) is 9.37. The van der Waals surface area contributed by atoms with Crippen LogP contribution in [0.1, 0.15) is 0 Å². The van der Waals surface area contributed by atoms with E-state index in [0.717, 1.165) is 0 Å². The second kappa shape index (κ2) is 8.08. The fraction of sp³-hybridized carbons (Fsp3) is 0.333. The first-order chi connectivity index (χ1) is 7.88. The van der Waals surface area contributed by atoms with Crippen LogP contribution < -0.4 is 0 Å². The van der Waals surface area contributed by atoms with Gasteiger partial charge >= 0.3 is 0 Å². The molecule has 0 fully saturated rings. The maximum atomic E-state index is 10.5. The average molecular weight is 301 g/mol. The molecule has 1 N–H and O–H groups in total. The number of hydrogen-bond donors (Lipinski definition) is 1. The van der Waals surface area contributed by atoms with Crippen molar-refractivity contribution in [2.75, 3.05) is 19.3 Å². The monoisotopic (exact) mass is 300 g/mol. The van der Waals surface area contributed by atoms with Crippen LogP contribution in [0.2, 0.25) is 5.02 Å². The zero-order valence-corrected chi connectivity index (χ0v) is 13.7. The molecule has 0 unspecified atom stereocenters. The molecule has 0 aliphatic heterocycles. The smallest absolute Gasteiger partial charge is 0.266 e. The summed E-state index contributed by atoms with van der Waals surface area (Å²) in [6, 6.07) is 6.89. The van der Waals surface area contributed by atoms with Gasteiger partial charge in [-0.05, 0) is 12.1 Å². The van der Waals surface area contributed by atoms with E-state index in [0.29, 0.717) is 10.7 Å². The fourth-order valence-corrected chi connectivity index (χ4v) is 1.62. The van der Waals surface area contributed by atoms with Gasteiger partial charge in [-0.25, -0.2) is 0 Å². The Labute approximate surface area is 133 Å². The van der Waals surface area contributed by atoms with Crippen molar-refractivity contribution in [3.8, 4) is 0 Å². The van der Waals surface area contributed by atoms with Crippen molar-refractivity contribution in [3.05, 3.63) is 29.3 Å². The second-order valence-electron chi connectivity index (χ2n) is 3.31.